The van der Waals surface area contributed by atoms with Crippen molar-refractivity contribution >= 4 is 17.6 Å². The third-order valence-corrected chi connectivity index (χ3v) is 3.45. The van der Waals surface area contributed by atoms with Gasteiger partial charge in [0.25, 0.3) is 5.91 Å². The van der Waals surface area contributed by atoms with Gasteiger partial charge in [0.2, 0.25) is 0 Å². The van der Waals surface area contributed by atoms with E-state index in [1.54, 1.807) is 31.2 Å². The first kappa shape index (κ1) is 17.2. The molecule has 26 heavy (non-hydrogen) atoms. The number of carbonyl (C=O) groups excluding carboxylic acids is 2. The van der Waals surface area contributed by atoms with Gasteiger partial charge in [-0.1, -0.05) is 0 Å². The molecule has 0 fully saturated rings. The molecule has 0 saturated heterocycles. The zero-order chi connectivity index (χ0) is 18.5. The van der Waals surface area contributed by atoms with Gasteiger partial charge in [0.1, 0.15) is 12.1 Å². The van der Waals surface area contributed by atoms with Crippen LogP contribution in [0.5, 0.6) is 0 Å². The molecule has 1 heterocycles. The minimum absolute atomic E-state index is 0.188. The van der Waals surface area contributed by atoms with E-state index in [4.69, 9.17) is 4.74 Å². The maximum Gasteiger partial charge on any atom is 0.338 e. The molecule has 1 aromatic heterocycles. The molecule has 0 aliphatic rings. The number of hydrogen-bond acceptors (Lipinski definition) is 6. The SMILES string of the molecule is CCOC(=O)c1ccc(NC(=O)c2ccc(F)cc2-n2cnnn2)cc1. The summed E-state index contributed by atoms with van der Waals surface area (Å²) in [5.74, 6) is -1.44. The third kappa shape index (κ3) is 3.72. The first-order valence-electron chi connectivity index (χ1n) is 7.70. The van der Waals surface area contributed by atoms with E-state index in [0.717, 1.165) is 6.07 Å². The molecule has 3 aromatic rings. The van der Waals surface area contributed by atoms with Gasteiger partial charge < -0.3 is 10.1 Å². The number of esters is 1. The van der Waals surface area contributed by atoms with Gasteiger partial charge in [0, 0.05) is 11.8 Å². The van der Waals surface area contributed by atoms with Crippen LogP contribution in [0.15, 0.2) is 48.8 Å². The van der Waals surface area contributed by atoms with Crippen LogP contribution in [0.25, 0.3) is 5.69 Å². The number of nitrogens with one attached hydrogen (secondary N) is 1. The van der Waals surface area contributed by atoms with Crippen LogP contribution < -0.4 is 5.32 Å². The lowest BCUT2D eigenvalue weighted by molar-refractivity contribution is 0.0526. The van der Waals surface area contributed by atoms with Crippen molar-refractivity contribution in [2.45, 2.75) is 6.92 Å². The number of amides is 1. The van der Waals surface area contributed by atoms with Gasteiger partial charge in [-0.15, -0.1) is 5.10 Å². The highest BCUT2D eigenvalue weighted by atomic mass is 19.1. The molecule has 2 aromatic carbocycles. The second kappa shape index (κ2) is 7.51. The van der Waals surface area contributed by atoms with Gasteiger partial charge in [-0.05, 0) is 53.7 Å². The fraction of sp³-hybridized carbons (Fsp3) is 0.118. The smallest absolute Gasteiger partial charge is 0.338 e. The second-order valence-corrected chi connectivity index (χ2v) is 5.17. The van der Waals surface area contributed by atoms with Crippen molar-refractivity contribution < 1.29 is 18.7 Å². The summed E-state index contributed by atoms with van der Waals surface area (Å²) < 4.78 is 19.7. The van der Waals surface area contributed by atoms with Gasteiger partial charge in [-0.25, -0.2) is 9.18 Å². The summed E-state index contributed by atoms with van der Waals surface area (Å²) in [6.45, 7) is 2.00. The predicted octanol–water partition coefficient (Wildman–Crippen LogP) is 2.23. The molecule has 0 radical (unpaired) electrons. The van der Waals surface area contributed by atoms with Gasteiger partial charge >= 0.3 is 5.97 Å². The topological polar surface area (TPSA) is 99.0 Å². The zero-order valence-corrected chi connectivity index (χ0v) is 13.7. The van der Waals surface area contributed by atoms with Gasteiger partial charge in [-0.3, -0.25) is 4.79 Å². The molecule has 0 spiro atoms. The lowest BCUT2D eigenvalue weighted by atomic mass is 10.1. The highest BCUT2D eigenvalue weighted by molar-refractivity contribution is 6.06. The molecule has 0 saturated carbocycles. The first-order valence-corrected chi connectivity index (χ1v) is 7.70. The molecule has 1 N–H and O–H groups in total. The Kier molecular flexibility index (Phi) is 4.97. The molecule has 0 aliphatic carbocycles. The van der Waals surface area contributed by atoms with E-state index in [0.29, 0.717) is 11.3 Å². The molecule has 1 amide bonds. The molecular weight excluding hydrogens is 341 g/mol. The van der Waals surface area contributed by atoms with Gasteiger partial charge in [0.15, 0.2) is 0 Å². The lowest BCUT2D eigenvalue weighted by Gasteiger charge is -2.10. The molecule has 0 bridgehead atoms. The summed E-state index contributed by atoms with van der Waals surface area (Å²) in [5, 5.41) is 13.3. The van der Waals surface area contributed by atoms with Crippen LogP contribution in [-0.4, -0.2) is 38.7 Å². The molecule has 0 unspecified atom stereocenters. The number of carbonyl (C=O) groups is 2. The van der Waals surface area contributed by atoms with Crippen molar-refractivity contribution in [2.75, 3.05) is 11.9 Å². The fourth-order valence-electron chi connectivity index (χ4n) is 2.26. The van der Waals surface area contributed by atoms with E-state index in [9.17, 15) is 14.0 Å². The second-order valence-electron chi connectivity index (χ2n) is 5.17. The zero-order valence-electron chi connectivity index (χ0n) is 13.7. The van der Waals surface area contributed by atoms with Crippen molar-refractivity contribution in [3.05, 3.63) is 65.7 Å². The van der Waals surface area contributed by atoms with E-state index >= 15 is 0 Å². The Labute approximate surface area is 147 Å². The molecule has 0 aliphatic heterocycles. The maximum atomic E-state index is 13.6. The Morgan fingerprint density at radius 3 is 2.62 bits per heavy atom. The van der Waals surface area contributed by atoms with Crippen molar-refractivity contribution in [3.8, 4) is 5.69 Å². The molecule has 132 valence electrons. The Bertz CT molecular complexity index is 926. The quantitative estimate of drug-likeness (QED) is 0.705. The Hall–Kier alpha value is -3.62. The minimum atomic E-state index is -0.522. The number of rotatable bonds is 5. The molecule has 3 rings (SSSR count). The summed E-state index contributed by atoms with van der Waals surface area (Å²) in [6.07, 6.45) is 1.26. The van der Waals surface area contributed by atoms with Crippen LogP contribution in [0, 0.1) is 5.82 Å². The molecule has 8 nitrogen and oxygen atoms in total. The molecular formula is C17H14FN5O3. The summed E-state index contributed by atoms with van der Waals surface area (Å²) in [5.41, 5.74) is 1.24. The van der Waals surface area contributed by atoms with Gasteiger partial charge in [-0.2, -0.15) is 4.68 Å². The summed E-state index contributed by atoms with van der Waals surface area (Å²) in [6, 6.07) is 9.91. The van der Waals surface area contributed by atoms with Crippen LogP contribution >= 0.6 is 0 Å². The van der Waals surface area contributed by atoms with Crippen molar-refractivity contribution in [1.29, 1.82) is 0 Å². The average molecular weight is 355 g/mol. The Morgan fingerprint density at radius 2 is 1.96 bits per heavy atom. The average Bonchev–Trinajstić information content (AvgIpc) is 3.17. The number of benzene rings is 2. The van der Waals surface area contributed by atoms with Crippen LogP contribution in [0.3, 0.4) is 0 Å². The fourth-order valence-corrected chi connectivity index (χ4v) is 2.26. The number of ether oxygens (including phenoxy) is 1. The summed E-state index contributed by atoms with van der Waals surface area (Å²) >= 11 is 0. The highest BCUT2D eigenvalue weighted by Gasteiger charge is 2.15. The van der Waals surface area contributed by atoms with Crippen molar-refractivity contribution in [3.63, 3.8) is 0 Å². The summed E-state index contributed by atoms with van der Waals surface area (Å²) in [4.78, 5) is 24.2. The summed E-state index contributed by atoms with van der Waals surface area (Å²) in [7, 11) is 0. The van der Waals surface area contributed by atoms with E-state index in [-0.39, 0.29) is 17.9 Å². The van der Waals surface area contributed by atoms with Crippen LogP contribution in [0.2, 0.25) is 0 Å². The standard InChI is InChI=1S/C17H14FN5O3/c1-2-26-17(25)11-3-6-13(7-4-11)20-16(24)14-8-5-12(18)9-15(14)23-10-19-21-22-23/h3-10H,2H2,1H3,(H,20,24). The number of aromatic nitrogens is 4. The van der Waals surface area contributed by atoms with Gasteiger partial charge in [0.05, 0.1) is 23.4 Å². The third-order valence-electron chi connectivity index (χ3n) is 3.45. The number of tetrazole rings is 1. The predicted molar refractivity (Wildman–Crippen MR) is 89.5 cm³/mol. The van der Waals surface area contributed by atoms with E-state index in [1.165, 1.54) is 23.1 Å². The van der Waals surface area contributed by atoms with E-state index in [2.05, 4.69) is 20.8 Å². The monoisotopic (exact) mass is 355 g/mol. The Morgan fingerprint density at radius 1 is 1.19 bits per heavy atom. The maximum absolute atomic E-state index is 13.6. The van der Waals surface area contributed by atoms with Crippen molar-refractivity contribution in [2.24, 2.45) is 0 Å². The minimum Gasteiger partial charge on any atom is -0.462 e. The number of hydrogen-bond donors (Lipinski definition) is 1. The number of anilines is 1. The van der Waals surface area contributed by atoms with E-state index < -0.39 is 17.7 Å². The largest absolute Gasteiger partial charge is 0.462 e. The lowest BCUT2D eigenvalue weighted by Crippen LogP contribution is -2.16. The van der Waals surface area contributed by atoms with Crippen LogP contribution in [0.4, 0.5) is 10.1 Å². The highest BCUT2D eigenvalue weighted by Crippen LogP contribution is 2.18. The molecule has 9 heteroatoms. The van der Waals surface area contributed by atoms with E-state index in [1.807, 2.05) is 0 Å². The van der Waals surface area contributed by atoms with Crippen LogP contribution in [0.1, 0.15) is 27.6 Å². The molecule has 0 atom stereocenters. The van der Waals surface area contributed by atoms with Crippen molar-refractivity contribution in [1.82, 2.24) is 20.2 Å². The van der Waals surface area contributed by atoms with Crippen LogP contribution in [-0.2, 0) is 4.74 Å². The Balaban J connectivity index is 1.82. The first-order chi connectivity index (χ1) is 12.6. The number of nitrogens with zero attached hydrogens (tertiary/aromatic N) is 4. The number of halogens is 1. The normalized spacial score (nSPS) is 10.4.